The summed E-state index contributed by atoms with van der Waals surface area (Å²) in [6, 6.07) is 7.12. The maximum atomic E-state index is 12.7. The van der Waals surface area contributed by atoms with Gasteiger partial charge in [-0.2, -0.15) is 4.31 Å². The Balaban J connectivity index is 0.00000288. The molecular weight excluding hydrogens is 350 g/mol. The quantitative estimate of drug-likeness (QED) is 0.843. The van der Waals surface area contributed by atoms with E-state index in [1.165, 1.54) is 4.31 Å². The Hall–Kier alpha value is -1.15. The zero-order valence-corrected chi connectivity index (χ0v) is 15.8. The van der Waals surface area contributed by atoms with Crippen molar-refractivity contribution >= 4 is 28.3 Å². The van der Waals surface area contributed by atoms with E-state index < -0.39 is 10.0 Å². The maximum Gasteiger partial charge on any atom is 0.243 e. The van der Waals surface area contributed by atoms with Crippen LogP contribution in [-0.2, 0) is 14.8 Å². The van der Waals surface area contributed by atoms with Gasteiger partial charge in [0.05, 0.1) is 11.4 Å². The number of nitrogens with two attached hydrogens (primary N) is 1. The summed E-state index contributed by atoms with van der Waals surface area (Å²) in [5, 5.41) is 0. The smallest absolute Gasteiger partial charge is 0.243 e. The molecule has 0 aromatic heterocycles. The van der Waals surface area contributed by atoms with Crippen molar-refractivity contribution in [2.75, 3.05) is 32.7 Å². The summed E-state index contributed by atoms with van der Waals surface area (Å²) >= 11 is 0. The highest BCUT2D eigenvalue weighted by Crippen LogP contribution is 2.23. The number of carbonyl (C=O) groups is 1. The zero-order chi connectivity index (χ0) is 17.0. The number of hydrogen-bond donors (Lipinski definition) is 1. The topological polar surface area (TPSA) is 83.7 Å². The fourth-order valence-electron chi connectivity index (χ4n) is 2.66. The molecular formula is C16H26ClN3O3S. The molecule has 1 fully saturated rings. The molecule has 1 atom stereocenters. The van der Waals surface area contributed by atoms with Crippen molar-refractivity contribution in [3.8, 4) is 0 Å². The molecule has 1 aromatic carbocycles. The third-order valence-electron chi connectivity index (χ3n) is 4.47. The first-order chi connectivity index (χ1) is 10.9. The van der Waals surface area contributed by atoms with Gasteiger partial charge in [-0.1, -0.05) is 26.0 Å². The van der Waals surface area contributed by atoms with E-state index in [9.17, 15) is 13.2 Å². The Morgan fingerprint density at radius 3 is 2.17 bits per heavy atom. The van der Waals surface area contributed by atoms with Crippen LogP contribution in [0.3, 0.4) is 0 Å². The van der Waals surface area contributed by atoms with E-state index in [0.717, 1.165) is 12.0 Å². The molecule has 0 bridgehead atoms. The third kappa shape index (κ3) is 4.47. The van der Waals surface area contributed by atoms with Gasteiger partial charge in [-0.25, -0.2) is 8.42 Å². The van der Waals surface area contributed by atoms with E-state index in [2.05, 4.69) is 13.8 Å². The van der Waals surface area contributed by atoms with Gasteiger partial charge < -0.3 is 10.6 Å². The number of amides is 1. The van der Waals surface area contributed by atoms with Gasteiger partial charge in [0.25, 0.3) is 0 Å². The van der Waals surface area contributed by atoms with Gasteiger partial charge in [0.1, 0.15) is 0 Å². The van der Waals surface area contributed by atoms with E-state index in [1.807, 2.05) is 12.1 Å². The summed E-state index contributed by atoms with van der Waals surface area (Å²) in [5.41, 5.74) is 6.48. The lowest BCUT2D eigenvalue weighted by molar-refractivity contribution is -0.130. The molecule has 8 heteroatoms. The summed E-state index contributed by atoms with van der Waals surface area (Å²) in [6.45, 7) is 5.58. The Morgan fingerprint density at radius 2 is 1.71 bits per heavy atom. The molecule has 1 unspecified atom stereocenters. The van der Waals surface area contributed by atoms with E-state index in [0.29, 0.717) is 37.0 Å². The van der Waals surface area contributed by atoms with Gasteiger partial charge in [-0.3, -0.25) is 4.79 Å². The Bertz CT molecular complexity index is 641. The van der Waals surface area contributed by atoms with E-state index in [1.54, 1.807) is 17.0 Å². The first kappa shape index (κ1) is 20.9. The number of halogens is 1. The highest BCUT2D eigenvalue weighted by atomic mass is 35.5. The first-order valence-electron chi connectivity index (χ1n) is 7.98. The molecule has 6 nitrogen and oxygen atoms in total. The standard InChI is InChI=1S/C16H25N3O3S.ClH/c1-3-13(2)14-4-6-15(7-5-14)23(21,22)19-10-8-18(9-11-19)16(20)12-17;/h4-7,13H,3,8-12,17H2,1-2H3;1H. The molecule has 1 aliphatic heterocycles. The highest BCUT2D eigenvalue weighted by Gasteiger charge is 2.29. The summed E-state index contributed by atoms with van der Waals surface area (Å²) in [5.74, 6) is 0.275. The van der Waals surface area contributed by atoms with Crippen LogP contribution in [0.2, 0.25) is 0 Å². The molecule has 24 heavy (non-hydrogen) atoms. The van der Waals surface area contributed by atoms with E-state index in [-0.39, 0.29) is 24.9 Å². The molecule has 0 spiro atoms. The molecule has 0 radical (unpaired) electrons. The second-order valence-corrected chi connectivity index (χ2v) is 7.81. The molecule has 2 rings (SSSR count). The SMILES string of the molecule is CCC(C)c1ccc(S(=O)(=O)N2CCN(C(=O)CN)CC2)cc1.Cl. The van der Waals surface area contributed by atoms with Crippen LogP contribution in [0.5, 0.6) is 0 Å². The molecule has 1 heterocycles. The lowest BCUT2D eigenvalue weighted by Crippen LogP contribution is -2.51. The van der Waals surface area contributed by atoms with E-state index in [4.69, 9.17) is 5.73 Å². The predicted molar refractivity (Wildman–Crippen MR) is 96.8 cm³/mol. The lowest BCUT2D eigenvalue weighted by Gasteiger charge is -2.33. The molecule has 1 aliphatic rings. The minimum Gasteiger partial charge on any atom is -0.339 e. The molecule has 0 saturated carbocycles. The molecule has 1 saturated heterocycles. The molecule has 1 aromatic rings. The number of nitrogens with zero attached hydrogens (tertiary/aromatic N) is 2. The number of carbonyl (C=O) groups excluding carboxylic acids is 1. The average molecular weight is 376 g/mol. The summed E-state index contributed by atoms with van der Waals surface area (Å²) in [6.07, 6.45) is 1.02. The van der Waals surface area contributed by atoms with Gasteiger partial charge in [0, 0.05) is 26.2 Å². The van der Waals surface area contributed by atoms with Crippen LogP contribution < -0.4 is 5.73 Å². The second kappa shape index (κ2) is 8.80. The van der Waals surface area contributed by atoms with Crippen molar-refractivity contribution in [3.63, 3.8) is 0 Å². The largest absolute Gasteiger partial charge is 0.339 e. The fraction of sp³-hybridized carbons (Fsp3) is 0.562. The molecule has 0 aliphatic carbocycles. The summed E-state index contributed by atoms with van der Waals surface area (Å²) < 4.78 is 26.8. The average Bonchev–Trinajstić information content (AvgIpc) is 2.60. The fourth-order valence-corrected chi connectivity index (χ4v) is 4.08. The van der Waals surface area contributed by atoms with Crippen LogP contribution in [0.1, 0.15) is 31.7 Å². The maximum absolute atomic E-state index is 12.7. The Labute approximate surface area is 150 Å². The highest BCUT2D eigenvalue weighted by molar-refractivity contribution is 7.89. The van der Waals surface area contributed by atoms with Gasteiger partial charge in [0.15, 0.2) is 0 Å². The van der Waals surface area contributed by atoms with Crippen LogP contribution in [0.15, 0.2) is 29.2 Å². The van der Waals surface area contributed by atoms with Crippen molar-refractivity contribution in [1.29, 1.82) is 0 Å². The van der Waals surface area contributed by atoms with Gasteiger partial charge in [0.2, 0.25) is 15.9 Å². The Morgan fingerprint density at radius 1 is 1.17 bits per heavy atom. The van der Waals surface area contributed by atoms with Gasteiger partial charge >= 0.3 is 0 Å². The summed E-state index contributed by atoms with van der Waals surface area (Å²) in [7, 11) is -3.50. The second-order valence-electron chi connectivity index (χ2n) is 5.87. The van der Waals surface area contributed by atoms with E-state index >= 15 is 0 Å². The van der Waals surface area contributed by atoms with Gasteiger partial charge in [-0.05, 0) is 30.0 Å². The third-order valence-corrected chi connectivity index (χ3v) is 6.38. The normalized spacial score (nSPS) is 17.2. The number of hydrogen-bond acceptors (Lipinski definition) is 4. The molecule has 1 amide bonds. The van der Waals surface area contributed by atoms with Crippen molar-refractivity contribution in [3.05, 3.63) is 29.8 Å². The predicted octanol–water partition coefficient (Wildman–Crippen LogP) is 1.41. The summed E-state index contributed by atoms with van der Waals surface area (Å²) in [4.78, 5) is 13.5. The molecule has 2 N–H and O–H groups in total. The van der Waals surface area contributed by atoms with Crippen molar-refractivity contribution in [2.45, 2.75) is 31.1 Å². The zero-order valence-electron chi connectivity index (χ0n) is 14.1. The number of piperazine rings is 1. The van der Waals surface area contributed by atoms with Crippen molar-refractivity contribution < 1.29 is 13.2 Å². The minimum atomic E-state index is -3.50. The van der Waals surface area contributed by atoms with Crippen molar-refractivity contribution in [2.24, 2.45) is 5.73 Å². The van der Waals surface area contributed by atoms with Crippen molar-refractivity contribution in [1.82, 2.24) is 9.21 Å². The van der Waals surface area contributed by atoms with Gasteiger partial charge in [-0.15, -0.1) is 12.4 Å². The van der Waals surface area contributed by atoms with Crippen LogP contribution in [-0.4, -0.2) is 56.3 Å². The van der Waals surface area contributed by atoms with Crippen LogP contribution >= 0.6 is 12.4 Å². The van der Waals surface area contributed by atoms with Crippen LogP contribution in [0.25, 0.3) is 0 Å². The first-order valence-corrected chi connectivity index (χ1v) is 9.42. The molecule has 136 valence electrons. The Kier molecular flexibility index (Phi) is 7.66. The minimum absolute atomic E-state index is 0. The van der Waals surface area contributed by atoms with Crippen LogP contribution in [0, 0.1) is 0 Å². The number of rotatable bonds is 5. The number of sulfonamides is 1. The van der Waals surface area contributed by atoms with Crippen LogP contribution in [0.4, 0.5) is 0 Å². The monoisotopic (exact) mass is 375 g/mol. The number of benzene rings is 1. The lowest BCUT2D eigenvalue weighted by atomic mass is 9.99.